The quantitative estimate of drug-likeness (QED) is 0.597. The SMILES string of the molecule is CCC1CCCCN1CCNC(=NC)NC1C2CCOC2C1(C)C. The van der Waals surface area contributed by atoms with Crippen LogP contribution < -0.4 is 10.6 Å². The minimum absolute atomic E-state index is 0.193. The number of hydrogen-bond donors (Lipinski definition) is 2. The van der Waals surface area contributed by atoms with E-state index in [1.54, 1.807) is 0 Å². The van der Waals surface area contributed by atoms with E-state index in [4.69, 9.17) is 4.74 Å². The third kappa shape index (κ3) is 3.43. The van der Waals surface area contributed by atoms with Crippen LogP contribution >= 0.6 is 0 Å². The Morgan fingerprint density at radius 3 is 2.88 bits per heavy atom. The highest BCUT2D eigenvalue weighted by Crippen LogP contribution is 2.52. The van der Waals surface area contributed by atoms with Crippen molar-refractivity contribution in [1.82, 2.24) is 15.5 Å². The van der Waals surface area contributed by atoms with Gasteiger partial charge in [0.05, 0.1) is 6.10 Å². The third-order valence-corrected chi connectivity index (χ3v) is 6.53. The number of hydrogen-bond acceptors (Lipinski definition) is 3. The van der Waals surface area contributed by atoms with Gasteiger partial charge in [0.2, 0.25) is 0 Å². The molecule has 4 unspecified atom stereocenters. The summed E-state index contributed by atoms with van der Waals surface area (Å²) in [7, 11) is 1.87. The molecule has 0 spiro atoms. The number of nitrogens with zero attached hydrogens (tertiary/aromatic N) is 2. The molecule has 2 saturated heterocycles. The van der Waals surface area contributed by atoms with Crippen molar-refractivity contribution in [3.05, 3.63) is 0 Å². The van der Waals surface area contributed by atoms with Gasteiger partial charge in [0, 0.05) is 50.2 Å². The summed E-state index contributed by atoms with van der Waals surface area (Å²) < 4.78 is 5.89. The standard InChI is InChI=1S/C19H36N4O/c1-5-14-8-6-7-11-23(14)12-10-21-18(20-4)22-16-15-9-13-24-17(15)19(16,2)3/h14-17H,5-13H2,1-4H3,(H2,20,21,22). The monoisotopic (exact) mass is 336 g/mol. The Hall–Kier alpha value is -0.810. The Labute approximate surface area is 147 Å². The Bertz CT molecular complexity index is 451. The summed E-state index contributed by atoms with van der Waals surface area (Å²) in [6.07, 6.45) is 6.98. The van der Waals surface area contributed by atoms with Crippen molar-refractivity contribution in [2.24, 2.45) is 16.3 Å². The van der Waals surface area contributed by atoms with Gasteiger partial charge in [0.15, 0.2) is 5.96 Å². The van der Waals surface area contributed by atoms with Crippen molar-refractivity contribution in [2.75, 3.05) is 33.3 Å². The van der Waals surface area contributed by atoms with Crippen LogP contribution in [0.25, 0.3) is 0 Å². The van der Waals surface area contributed by atoms with Gasteiger partial charge < -0.3 is 15.4 Å². The molecule has 2 heterocycles. The Kier molecular flexibility index (Phi) is 5.70. The molecule has 0 bridgehead atoms. The molecule has 3 aliphatic rings. The van der Waals surface area contributed by atoms with Crippen LogP contribution in [0, 0.1) is 11.3 Å². The first-order valence-corrected chi connectivity index (χ1v) is 9.90. The van der Waals surface area contributed by atoms with E-state index in [0.717, 1.165) is 31.7 Å². The zero-order chi connectivity index (χ0) is 17.2. The van der Waals surface area contributed by atoms with Gasteiger partial charge in [0.25, 0.3) is 0 Å². The normalized spacial score (nSPS) is 36.1. The van der Waals surface area contributed by atoms with Crippen molar-refractivity contribution < 1.29 is 4.74 Å². The fraction of sp³-hybridized carbons (Fsp3) is 0.947. The first-order valence-electron chi connectivity index (χ1n) is 9.90. The summed E-state index contributed by atoms with van der Waals surface area (Å²) >= 11 is 0. The van der Waals surface area contributed by atoms with Gasteiger partial charge in [-0.25, -0.2) is 0 Å². The molecule has 0 radical (unpaired) electrons. The van der Waals surface area contributed by atoms with Crippen molar-refractivity contribution in [1.29, 1.82) is 0 Å². The second-order valence-electron chi connectivity index (χ2n) is 8.28. The number of rotatable bonds is 5. The Balaban J connectivity index is 1.46. The highest BCUT2D eigenvalue weighted by atomic mass is 16.5. The molecule has 0 aromatic carbocycles. The molecule has 1 saturated carbocycles. The van der Waals surface area contributed by atoms with Crippen LogP contribution in [0.3, 0.4) is 0 Å². The highest BCUT2D eigenvalue weighted by molar-refractivity contribution is 5.80. The summed E-state index contributed by atoms with van der Waals surface area (Å²) in [6, 6.07) is 1.24. The predicted molar refractivity (Wildman–Crippen MR) is 99.4 cm³/mol. The average molecular weight is 337 g/mol. The molecule has 2 aliphatic heterocycles. The lowest BCUT2D eigenvalue weighted by molar-refractivity contribution is -0.106. The number of guanidine groups is 1. The molecule has 1 aliphatic carbocycles. The van der Waals surface area contributed by atoms with E-state index < -0.39 is 0 Å². The topological polar surface area (TPSA) is 48.9 Å². The van der Waals surface area contributed by atoms with Crippen LogP contribution in [-0.4, -0.2) is 62.3 Å². The van der Waals surface area contributed by atoms with Crippen LogP contribution in [0.15, 0.2) is 4.99 Å². The van der Waals surface area contributed by atoms with E-state index in [-0.39, 0.29) is 5.41 Å². The van der Waals surface area contributed by atoms with Gasteiger partial charge in [-0.3, -0.25) is 9.89 Å². The smallest absolute Gasteiger partial charge is 0.191 e. The maximum absolute atomic E-state index is 5.89. The fourth-order valence-corrected chi connectivity index (χ4v) is 5.09. The average Bonchev–Trinajstić information content (AvgIpc) is 3.05. The van der Waals surface area contributed by atoms with E-state index in [2.05, 4.69) is 41.3 Å². The van der Waals surface area contributed by atoms with E-state index in [1.807, 2.05) is 7.05 Å². The van der Waals surface area contributed by atoms with Crippen molar-refractivity contribution in [3.8, 4) is 0 Å². The number of ether oxygens (including phenoxy) is 1. The van der Waals surface area contributed by atoms with Gasteiger partial charge in [0.1, 0.15) is 0 Å². The lowest BCUT2D eigenvalue weighted by Crippen LogP contribution is -2.68. The first-order chi connectivity index (χ1) is 11.6. The number of likely N-dealkylation sites (tertiary alicyclic amines) is 1. The maximum atomic E-state index is 5.89. The van der Waals surface area contributed by atoms with Gasteiger partial charge in [-0.2, -0.15) is 0 Å². The number of piperidine rings is 1. The van der Waals surface area contributed by atoms with Crippen molar-refractivity contribution in [2.45, 2.75) is 71.1 Å². The molecule has 3 rings (SSSR count). The van der Waals surface area contributed by atoms with Crippen LogP contribution in [0.2, 0.25) is 0 Å². The maximum Gasteiger partial charge on any atom is 0.191 e. The molecule has 138 valence electrons. The fourth-order valence-electron chi connectivity index (χ4n) is 5.09. The molecule has 3 fully saturated rings. The second-order valence-corrected chi connectivity index (χ2v) is 8.28. The molecular weight excluding hydrogens is 300 g/mol. The van der Waals surface area contributed by atoms with E-state index in [1.165, 1.54) is 38.6 Å². The molecule has 0 amide bonds. The van der Waals surface area contributed by atoms with Crippen LogP contribution in [-0.2, 0) is 4.74 Å². The zero-order valence-corrected chi connectivity index (χ0v) is 16.0. The van der Waals surface area contributed by atoms with Crippen molar-refractivity contribution in [3.63, 3.8) is 0 Å². The summed E-state index contributed by atoms with van der Waals surface area (Å²) in [5.74, 6) is 1.59. The van der Waals surface area contributed by atoms with Crippen LogP contribution in [0.5, 0.6) is 0 Å². The summed E-state index contributed by atoms with van der Waals surface area (Å²) in [6.45, 7) is 11.2. The van der Waals surface area contributed by atoms with E-state index >= 15 is 0 Å². The zero-order valence-electron chi connectivity index (χ0n) is 16.0. The number of nitrogens with one attached hydrogen (secondary N) is 2. The molecule has 2 N–H and O–H groups in total. The van der Waals surface area contributed by atoms with Gasteiger partial charge >= 0.3 is 0 Å². The lowest BCUT2D eigenvalue weighted by atomic mass is 9.57. The van der Waals surface area contributed by atoms with Gasteiger partial charge in [-0.1, -0.05) is 27.2 Å². The lowest BCUT2D eigenvalue weighted by Gasteiger charge is -2.54. The number of aliphatic imine (C=N–C) groups is 1. The van der Waals surface area contributed by atoms with Crippen molar-refractivity contribution >= 4 is 5.96 Å². The number of fused-ring (bicyclic) bond motifs is 1. The minimum Gasteiger partial charge on any atom is -0.377 e. The van der Waals surface area contributed by atoms with Gasteiger partial charge in [-0.15, -0.1) is 0 Å². The Morgan fingerprint density at radius 1 is 1.29 bits per heavy atom. The second kappa shape index (κ2) is 7.61. The molecule has 24 heavy (non-hydrogen) atoms. The van der Waals surface area contributed by atoms with Crippen LogP contribution in [0.1, 0.15) is 52.9 Å². The largest absolute Gasteiger partial charge is 0.377 e. The van der Waals surface area contributed by atoms with Gasteiger partial charge in [-0.05, 0) is 32.2 Å². The Morgan fingerprint density at radius 2 is 2.12 bits per heavy atom. The first kappa shape index (κ1) is 18.0. The molecule has 0 aromatic rings. The van der Waals surface area contributed by atoms with E-state index in [0.29, 0.717) is 18.1 Å². The summed E-state index contributed by atoms with van der Waals surface area (Å²) in [4.78, 5) is 7.10. The molecule has 5 heteroatoms. The third-order valence-electron chi connectivity index (χ3n) is 6.53. The highest BCUT2D eigenvalue weighted by Gasteiger charge is 2.59. The summed E-state index contributed by atoms with van der Waals surface area (Å²) in [5.41, 5.74) is 0.193. The molecule has 0 aromatic heterocycles. The molecule has 5 nitrogen and oxygen atoms in total. The summed E-state index contributed by atoms with van der Waals surface area (Å²) in [5, 5.41) is 7.20. The molecule has 4 atom stereocenters. The minimum atomic E-state index is 0.193. The molecular formula is C19H36N4O. The predicted octanol–water partition coefficient (Wildman–Crippen LogP) is 2.23. The van der Waals surface area contributed by atoms with Crippen LogP contribution in [0.4, 0.5) is 0 Å². The van der Waals surface area contributed by atoms with E-state index in [9.17, 15) is 0 Å².